The average molecular weight is 403 g/mol. The summed E-state index contributed by atoms with van der Waals surface area (Å²) in [7, 11) is 0. The van der Waals surface area contributed by atoms with Crippen LogP contribution >= 0.6 is 0 Å². The fourth-order valence-corrected chi connectivity index (χ4v) is 3.05. The molecule has 3 aromatic carbocycles. The van der Waals surface area contributed by atoms with Gasteiger partial charge >= 0.3 is 0 Å². The number of nitrogens with zero attached hydrogens (tertiary/aromatic N) is 3. The van der Waals surface area contributed by atoms with Gasteiger partial charge in [-0.15, -0.1) is 0 Å². The number of unbranched alkanes of at least 4 members (excludes halogenated alkanes) is 1. The molecule has 6 heteroatoms. The maximum absolute atomic E-state index is 10.7. The highest BCUT2D eigenvalue weighted by Gasteiger charge is 2.07. The highest BCUT2D eigenvalue weighted by Crippen LogP contribution is 2.30. The number of ether oxygens (including phenoxy) is 1. The van der Waals surface area contributed by atoms with Crippen LogP contribution in [0.5, 0.6) is 5.75 Å². The van der Waals surface area contributed by atoms with Gasteiger partial charge in [0.2, 0.25) is 0 Å². The predicted octanol–water partition coefficient (Wildman–Crippen LogP) is 7.03. The fraction of sp³-hybridized carbons (Fsp3) is 0.250. The molecule has 6 nitrogen and oxygen atoms in total. The number of non-ortho nitro benzene ring substituents is 1. The Bertz CT molecular complexity index is 1020. The minimum Gasteiger partial charge on any atom is -0.493 e. The van der Waals surface area contributed by atoms with E-state index in [1.54, 1.807) is 12.1 Å². The maximum atomic E-state index is 10.7. The Morgan fingerprint density at radius 2 is 1.63 bits per heavy atom. The van der Waals surface area contributed by atoms with Gasteiger partial charge < -0.3 is 4.74 Å². The maximum Gasteiger partial charge on any atom is 0.269 e. The molecule has 0 aliphatic carbocycles. The van der Waals surface area contributed by atoms with Gasteiger partial charge in [-0.1, -0.05) is 30.3 Å². The number of aryl methyl sites for hydroxylation is 3. The Morgan fingerprint density at radius 1 is 0.900 bits per heavy atom. The van der Waals surface area contributed by atoms with Gasteiger partial charge in [-0.25, -0.2) is 0 Å². The Kier molecular flexibility index (Phi) is 7.27. The molecule has 0 aliphatic rings. The lowest BCUT2D eigenvalue weighted by atomic mass is 10.1. The lowest BCUT2D eigenvalue weighted by Crippen LogP contribution is -2.00. The van der Waals surface area contributed by atoms with Crippen molar-refractivity contribution in [3.05, 3.63) is 93.5 Å². The highest BCUT2D eigenvalue weighted by molar-refractivity contribution is 5.53. The van der Waals surface area contributed by atoms with Crippen molar-refractivity contribution in [3.8, 4) is 5.75 Å². The van der Waals surface area contributed by atoms with Gasteiger partial charge in [0.1, 0.15) is 5.75 Å². The van der Waals surface area contributed by atoms with Crippen molar-refractivity contribution < 1.29 is 9.66 Å². The number of nitro groups is 1. The number of rotatable bonds is 9. The molecule has 3 rings (SSSR count). The van der Waals surface area contributed by atoms with Gasteiger partial charge in [0.05, 0.1) is 22.9 Å². The lowest BCUT2D eigenvalue weighted by Gasteiger charge is -2.11. The lowest BCUT2D eigenvalue weighted by molar-refractivity contribution is -0.384. The van der Waals surface area contributed by atoms with Crippen LogP contribution in [-0.2, 0) is 6.42 Å². The monoisotopic (exact) mass is 403 g/mol. The molecule has 3 aromatic rings. The SMILES string of the molecule is Cc1cc(OCCCCc2ccccc2)c(C)cc1N=Nc1ccc([N+](=O)[O-])cc1. The van der Waals surface area contributed by atoms with Gasteiger partial charge in [-0.3, -0.25) is 10.1 Å². The quantitative estimate of drug-likeness (QED) is 0.166. The van der Waals surface area contributed by atoms with Crippen LogP contribution in [0, 0.1) is 24.0 Å². The molecule has 0 spiro atoms. The van der Waals surface area contributed by atoms with E-state index < -0.39 is 4.92 Å². The first-order valence-electron chi connectivity index (χ1n) is 9.97. The van der Waals surface area contributed by atoms with E-state index in [4.69, 9.17) is 4.74 Å². The molecule has 154 valence electrons. The van der Waals surface area contributed by atoms with Crippen molar-refractivity contribution in [3.63, 3.8) is 0 Å². The molecular formula is C24H25N3O3. The number of azo groups is 1. The Labute approximate surface area is 176 Å². The van der Waals surface area contributed by atoms with Gasteiger partial charge in [0.15, 0.2) is 0 Å². The highest BCUT2D eigenvalue weighted by atomic mass is 16.6. The van der Waals surface area contributed by atoms with Gasteiger partial charge in [-0.05, 0) is 74.1 Å². The minimum absolute atomic E-state index is 0.0336. The number of benzene rings is 3. The van der Waals surface area contributed by atoms with Crippen molar-refractivity contribution in [2.45, 2.75) is 33.1 Å². The number of hydrogen-bond acceptors (Lipinski definition) is 5. The number of nitro benzene ring substituents is 1. The summed E-state index contributed by atoms with van der Waals surface area (Å²) in [6.07, 6.45) is 3.14. The van der Waals surface area contributed by atoms with Crippen LogP contribution in [-0.4, -0.2) is 11.5 Å². The third-order valence-electron chi connectivity index (χ3n) is 4.79. The summed E-state index contributed by atoms with van der Waals surface area (Å²) in [6.45, 7) is 4.63. The molecule has 30 heavy (non-hydrogen) atoms. The van der Waals surface area contributed by atoms with Crippen LogP contribution in [0.4, 0.5) is 17.1 Å². The third-order valence-corrected chi connectivity index (χ3v) is 4.79. The van der Waals surface area contributed by atoms with E-state index in [0.29, 0.717) is 12.3 Å². The third kappa shape index (κ3) is 5.98. The molecule has 0 saturated carbocycles. The smallest absolute Gasteiger partial charge is 0.269 e. The van der Waals surface area contributed by atoms with Crippen LogP contribution in [0.1, 0.15) is 29.5 Å². The van der Waals surface area contributed by atoms with Crippen LogP contribution in [0.2, 0.25) is 0 Å². The zero-order valence-corrected chi connectivity index (χ0v) is 17.2. The van der Waals surface area contributed by atoms with Crippen LogP contribution < -0.4 is 4.74 Å². The van der Waals surface area contributed by atoms with E-state index in [9.17, 15) is 10.1 Å². The van der Waals surface area contributed by atoms with Crippen LogP contribution in [0.3, 0.4) is 0 Å². The van der Waals surface area contributed by atoms with E-state index in [1.807, 2.05) is 32.0 Å². The Hall–Kier alpha value is -3.54. The molecule has 0 atom stereocenters. The summed E-state index contributed by atoms with van der Waals surface area (Å²) in [5.74, 6) is 0.862. The molecule has 0 unspecified atom stereocenters. The Balaban J connectivity index is 1.54. The van der Waals surface area contributed by atoms with Gasteiger partial charge in [0.25, 0.3) is 5.69 Å². The molecule has 0 N–H and O–H groups in total. The van der Waals surface area contributed by atoms with Crippen molar-refractivity contribution in [1.29, 1.82) is 0 Å². The summed E-state index contributed by atoms with van der Waals surface area (Å²) in [4.78, 5) is 10.3. The average Bonchev–Trinajstić information content (AvgIpc) is 2.75. The molecular weight excluding hydrogens is 378 g/mol. The largest absolute Gasteiger partial charge is 0.493 e. The molecule has 0 bridgehead atoms. The molecule has 0 aromatic heterocycles. The molecule has 0 saturated heterocycles. The number of hydrogen-bond donors (Lipinski definition) is 0. The zero-order valence-electron chi connectivity index (χ0n) is 17.2. The van der Waals surface area contributed by atoms with Crippen molar-refractivity contribution >= 4 is 17.1 Å². The summed E-state index contributed by atoms with van der Waals surface area (Å²) in [5, 5.41) is 19.2. The standard InChI is InChI=1S/C24H25N3O3/c1-18-17-24(30-15-7-6-10-20-8-4-3-5-9-20)19(2)16-23(18)26-25-21-11-13-22(14-12-21)27(28)29/h3-5,8-9,11-14,16-17H,6-7,10,15H2,1-2H3. The normalized spacial score (nSPS) is 11.0. The minimum atomic E-state index is -0.436. The summed E-state index contributed by atoms with van der Waals surface area (Å²) in [5.41, 5.74) is 4.67. The first kappa shape index (κ1) is 21.2. The predicted molar refractivity (Wildman–Crippen MR) is 118 cm³/mol. The molecule has 0 fully saturated rings. The van der Waals surface area contributed by atoms with E-state index in [1.165, 1.54) is 17.7 Å². The Morgan fingerprint density at radius 3 is 2.33 bits per heavy atom. The van der Waals surface area contributed by atoms with Gasteiger partial charge in [-0.2, -0.15) is 10.2 Å². The molecule has 0 radical (unpaired) electrons. The van der Waals surface area contributed by atoms with E-state index >= 15 is 0 Å². The second kappa shape index (κ2) is 10.3. The second-order valence-electron chi connectivity index (χ2n) is 7.17. The summed E-state index contributed by atoms with van der Waals surface area (Å²) >= 11 is 0. The van der Waals surface area contributed by atoms with E-state index in [2.05, 4.69) is 34.5 Å². The van der Waals surface area contributed by atoms with E-state index in [0.717, 1.165) is 41.8 Å². The van der Waals surface area contributed by atoms with Crippen LogP contribution in [0.25, 0.3) is 0 Å². The molecule has 0 amide bonds. The summed E-state index contributed by atoms with van der Waals surface area (Å²) in [6, 6.07) is 20.4. The fourth-order valence-electron chi connectivity index (χ4n) is 3.05. The topological polar surface area (TPSA) is 77.1 Å². The van der Waals surface area contributed by atoms with E-state index in [-0.39, 0.29) is 5.69 Å². The van der Waals surface area contributed by atoms with Crippen molar-refractivity contribution in [2.75, 3.05) is 6.61 Å². The first-order chi connectivity index (χ1) is 14.5. The van der Waals surface area contributed by atoms with Crippen molar-refractivity contribution in [2.24, 2.45) is 10.2 Å². The second-order valence-corrected chi connectivity index (χ2v) is 7.17. The molecule has 0 heterocycles. The zero-order chi connectivity index (χ0) is 21.3. The summed E-state index contributed by atoms with van der Waals surface area (Å²) < 4.78 is 5.97. The van der Waals surface area contributed by atoms with Gasteiger partial charge in [0, 0.05) is 12.1 Å². The molecule has 0 aliphatic heterocycles. The van der Waals surface area contributed by atoms with Crippen molar-refractivity contribution in [1.82, 2.24) is 0 Å². The van der Waals surface area contributed by atoms with Crippen LogP contribution in [0.15, 0.2) is 77.0 Å². The first-order valence-corrected chi connectivity index (χ1v) is 9.97.